The largest absolute Gasteiger partial charge is 0.381 e. The first kappa shape index (κ1) is 11.8. The molecule has 0 saturated carbocycles. The van der Waals surface area contributed by atoms with Crippen molar-refractivity contribution in [2.75, 3.05) is 13.2 Å². The summed E-state index contributed by atoms with van der Waals surface area (Å²) in [7, 11) is 0. The molecule has 0 spiro atoms. The van der Waals surface area contributed by atoms with Crippen LogP contribution in [-0.4, -0.2) is 19.5 Å². The van der Waals surface area contributed by atoms with Gasteiger partial charge in [0.15, 0.2) is 0 Å². The predicted molar refractivity (Wildman–Crippen MR) is 66.5 cm³/mol. The molecular weight excluding hydrogens is 268 g/mol. The summed E-state index contributed by atoms with van der Waals surface area (Å²) in [4.78, 5) is 11.2. The number of carbonyl (C=O) groups is 1. The van der Waals surface area contributed by atoms with Crippen LogP contribution >= 0.6 is 15.9 Å². The van der Waals surface area contributed by atoms with Crippen molar-refractivity contribution in [3.8, 4) is 0 Å². The SMILES string of the molecule is O=CC(c1cccc(Br)c1)C1CCCOC1. The van der Waals surface area contributed by atoms with Gasteiger partial charge in [0.1, 0.15) is 6.29 Å². The molecule has 86 valence electrons. The van der Waals surface area contributed by atoms with Crippen molar-refractivity contribution in [2.45, 2.75) is 18.8 Å². The summed E-state index contributed by atoms with van der Waals surface area (Å²) in [5.41, 5.74) is 1.08. The van der Waals surface area contributed by atoms with Crippen LogP contribution in [0.2, 0.25) is 0 Å². The molecule has 2 nitrogen and oxygen atoms in total. The molecule has 1 fully saturated rings. The first-order valence-electron chi connectivity index (χ1n) is 5.60. The van der Waals surface area contributed by atoms with Crippen LogP contribution in [0.1, 0.15) is 24.3 Å². The molecule has 0 radical (unpaired) electrons. The van der Waals surface area contributed by atoms with Crippen LogP contribution in [0, 0.1) is 5.92 Å². The van der Waals surface area contributed by atoms with Gasteiger partial charge < -0.3 is 9.53 Å². The molecule has 2 unspecified atom stereocenters. The average Bonchev–Trinajstić information content (AvgIpc) is 2.31. The quantitative estimate of drug-likeness (QED) is 0.796. The van der Waals surface area contributed by atoms with E-state index in [1.807, 2.05) is 24.3 Å². The second kappa shape index (κ2) is 5.60. The number of halogens is 1. The maximum absolute atomic E-state index is 11.2. The van der Waals surface area contributed by atoms with Gasteiger partial charge in [-0.1, -0.05) is 28.1 Å². The van der Waals surface area contributed by atoms with Crippen LogP contribution in [0.4, 0.5) is 0 Å². The van der Waals surface area contributed by atoms with Crippen molar-refractivity contribution >= 4 is 22.2 Å². The number of aldehydes is 1. The molecule has 1 heterocycles. The highest BCUT2D eigenvalue weighted by atomic mass is 79.9. The van der Waals surface area contributed by atoms with Crippen LogP contribution in [0.15, 0.2) is 28.7 Å². The van der Waals surface area contributed by atoms with Crippen LogP contribution in [0.3, 0.4) is 0 Å². The van der Waals surface area contributed by atoms with Gasteiger partial charge in [0.25, 0.3) is 0 Å². The van der Waals surface area contributed by atoms with E-state index in [0.29, 0.717) is 12.5 Å². The molecule has 0 amide bonds. The number of ether oxygens (including phenoxy) is 1. The first-order chi connectivity index (χ1) is 7.81. The maximum atomic E-state index is 11.2. The molecule has 1 saturated heterocycles. The second-order valence-corrected chi connectivity index (χ2v) is 5.11. The highest BCUT2D eigenvalue weighted by Gasteiger charge is 2.25. The Hall–Kier alpha value is -0.670. The average molecular weight is 283 g/mol. The molecule has 0 N–H and O–H groups in total. The highest BCUT2D eigenvalue weighted by Crippen LogP contribution is 2.30. The zero-order valence-electron chi connectivity index (χ0n) is 9.06. The maximum Gasteiger partial charge on any atom is 0.127 e. The molecule has 1 aliphatic rings. The fraction of sp³-hybridized carbons (Fsp3) is 0.462. The molecule has 1 aromatic carbocycles. The molecule has 1 aliphatic heterocycles. The summed E-state index contributed by atoms with van der Waals surface area (Å²) >= 11 is 3.44. The van der Waals surface area contributed by atoms with Gasteiger partial charge in [-0.2, -0.15) is 0 Å². The Labute approximate surface area is 104 Å². The van der Waals surface area contributed by atoms with E-state index in [-0.39, 0.29) is 5.92 Å². The molecule has 2 atom stereocenters. The lowest BCUT2D eigenvalue weighted by molar-refractivity contribution is -0.111. The summed E-state index contributed by atoms with van der Waals surface area (Å²) in [5, 5.41) is 0. The van der Waals surface area contributed by atoms with Gasteiger partial charge in [-0.05, 0) is 36.5 Å². The summed E-state index contributed by atoms with van der Waals surface area (Å²) < 4.78 is 6.47. The third kappa shape index (κ3) is 2.71. The van der Waals surface area contributed by atoms with Gasteiger partial charge in [-0.25, -0.2) is 0 Å². The van der Waals surface area contributed by atoms with Crippen LogP contribution in [0.5, 0.6) is 0 Å². The summed E-state index contributed by atoms with van der Waals surface area (Å²) in [6.07, 6.45) is 3.19. The van der Waals surface area contributed by atoms with E-state index < -0.39 is 0 Å². The summed E-state index contributed by atoms with van der Waals surface area (Å²) in [5.74, 6) is 0.304. The zero-order valence-corrected chi connectivity index (χ0v) is 10.7. The predicted octanol–water partition coefficient (Wildman–Crippen LogP) is 3.16. The first-order valence-corrected chi connectivity index (χ1v) is 6.39. The third-order valence-electron chi connectivity index (χ3n) is 3.08. The van der Waals surface area contributed by atoms with Crippen LogP contribution < -0.4 is 0 Å². The number of rotatable bonds is 3. The smallest absolute Gasteiger partial charge is 0.127 e. The second-order valence-electron chi connectivity index (χ2n) is 4.19. The summed E-state index contributed by atoms with van der Waals surface area (Å²) in [6, 6.07) is 7.98. The number of carbonyl (C=O) groups excluding carboxylic acids is 1. The zero-order chi connectivity index (χ0) is 11.4. The van der Waals surface area contributed by atoms with E-state index in [2.05, 4.69) is 15.9 Å². The van der Waals surface area contributed by atoms with Gasteiger partial charge in [0, 0.05) is 17.0 Å². The Morgan fingerprint density at radius 1 is 1.50 bits per heavy atom. The lowest BCUT2D eigenvalue weighted by Crippen LogP contribution is -2.24. The molecule has 0 aliphatic carbocycles. The van der Waals surface area contributed by atoms with Crippen molar-refractivity contribution < 1.29 is 9.53 Å². The van der Waals surface area contributed by atoms with Gasteiger partial charge in [-0.15, -0.1) is 0 Å². The van der Waals surface area contributed by atoms with Gasteiger partial charge in [-0.3, -0.25) is 0 Å². The minimum Gasteiger partial charge on any atom is -0.381 e. The van der Waals surface area contributed by atoms with Gasteiger partial charge in [0.05, 0.1) is 6.61 Å². The topological polar surface area (TPSA) is 26.3 Å². The van der Waals surface area contributed by atoms with Crippen LogP contribution in [-0.2, 0) is 9.53 Å². The minimum absolute atomic E-state index is 0.0298. The Morgan fingerprint density at radius 3 is 3.00 bits per heavy atom. The lowest BCUT2D eigenvalue weighted by atomic mass is 9.84. The van der Waals surface area contributed by atoms with E-state index in [9.17, 15) is 4.79 Å². The Kier molecular flexibility index (Phi) is 4.13. The van der Waals surface area contributed by atoms with Crippen molar-refractivity contribution in [3.05, 3.63) is 34.3 Å². The molecule has 1 aromatic rings. The van der Waals surface area contributed by atoms with Gasteiger partial charge in [0.2, 0.25) is 0 Å². The van der Waals surface area contributed by atoms with Crippen molar-refractivity contribution in [1.29, 1.82) is 0 Å². The summed E-state index contributed by atoms with van der Waals surface area (Å²) in [6.45, 7) is 1.54. The molecule has 0 bridgehead atoms. The number of benzene rings is 1. The fourth-order valence-electron chi connectivity index (χ4n) is 2.22. The van der Waals surface area contributed by atoms with Gasteiger partial charge >= 0.3 is 0 Å². The van der Waals surface area contributed by atoms with E-state index >= 15 is 0 Å². The lowest BCUT2D eigenvalue weighted by Gasteiger charge is -2.27. The molecule has 16 heavy (non-hydrogen) atoms. The third-order valence-corrected chi connectivity index (χ3v) is 3.58. The number of hydrogen-bond acceptors (Lipinski definition) is 2. The monoisotopic (exact) mass is 282 g/mol. The highest BCUT2D eigenvalue weighted by molar-refractivity contribution is 9.10. The van der Waals surface area contributed by atoms with Crippen molar-refractivity contribution in [2.24, 2.45) is 5.92 Å². The van der Waals surface area contributed by atoms with Crippen molar-refractivity contribution in [3.63, 3.8) is 0 Å². The Morgan fingerprint density at radius 2 is 2.38 bits per heavy atom. The van der Waals surface area contributed by atoms with Crippen LogP contribution in [0.25, 0.3) is 0 Å². The standard InChI is InChI=1S/C13H15BrO2/c14-12-5-1-3-10(7-12)13(8-15)11-4-2-6-16-9-11/h1,3,5,7-8,11,13H,2,4,6,9H2. The Balaban J connectivity index is 2.17. The molecular formula is C13H15BrO2. The minimum atomic E-state index is -0.0298. The van der Waals surface area contributed by atoms with E-state index in [1.165, 1.54) is 0 Å². The molecule has 3 heteroatoms. The van der Waals surface area contributed by atoms with E-state index in [1.54, 1.807) is 0 Å². The normalized spacial score (nSPS) is 22.7. The molecule has 0 aromatic heterocycles. The molecule has 2 rings (SSSR count). The van der Waals surface area contributed by atoms with Crippen molar-refractivity contribution in [1.82, 2.24) is 0 Å². The van der Waals surface area contributed by atoms with E-state index in [0.717, 1.165) is 35.8 Å². The van der Waals surface area contributed by atoms with E-state index in [4.69, 9.17) is 4.74 Å². The fourth-order valence-corrected chi connectivity index (χ4v) is 2.64. The Bertz CT molecular complexity index is 359. The number of hydrogen-bond donors (Lipinski definition) is 0.